The number of benzene rings is 3. The quantitative estimate of drug-likeness (QED) is 0.0457. The molecule has 3 aliphatic heterocycles. The lowest BCUT2D eigenvalue weighted by Crippen LogP contribution is -2.80. The summed E-state index contributed by atoms with van der Waals surface area (Å²) < 4.78 is 81.3. The summed E-state index contributed by atoms with van der Waals surface area (Å²) in [5, 5.41) is 19.8. The van der Waals surface area contributed by atoms with E-state index in [1.54, 1.807) is 12.1 Å². The van der Waals surface area contributed by atoms with E-state index in [4.69, 9.17) is 10.3 Å². The van der Waals surface area contributed by atoms with Gasteiger partial charge in [0.15, 0.2) is 11.5 Å². The molecule has 0 fully saturated rings. The molecule has 3 aromatic rings. The van der Waals surface area contributed by atoms with Crippen molar-refractivity contribution in [2.75, 3.05) is 31.5 Å². The van der Waals surface area contributed by atoms with Gasteiger partial charge in [-0.2, -0.15) is 8.42 Å². The summed E-state index contributed by atoms with van der Waals surface area (Å²) in [5.74, 6) is -2.97. The first-order valence-corrected chi connectivity index (χ1v) is 19.2. The third-order valence-electron chi connectivity index (χ3n) is 9.05. The number of ether oxygens (including phenoxy) is 1. The van der Waals surface area contributed by atoms with Crippen molar-refractivity contribution < 1.29 is 50.4 Å². The molecule has 16 nitrogen and oxygen atoms in total. The van der Waals surface area contributed by atoms with Gasteiger partial charge >= 0.3 is 16.1 Å². The Morgan fingerprint density at radius 1 is 1.00 bits per heavy atom. The van der Waals surface area contributed by atoms with Crippen molar-refractivity contribution in [1.82, 2.24) is 5.32 Å². The minimum Gasteiger partial charge on any atom is -0.744 e. The Bertz CT molecular complexity index is 2370. The van der Waals surface area contributed by atoms with Gasteiger partial charge in [0.2, 0.25) is 10.3 Å². The van der Waals surface area contributed by atoms with Gasteiger partial charge in [-0.3, -0.25) is 9.35 Å². The molecule has 5 N–H and O–H groups in total. The molecule has 1 amide bonds. The summed E-state index contributed by atoms with van der Waals surface area (Å²) in [6, 6.07) is 7.13. The summed E-state index contributed by atoms with van der Waals surface area (Å²) in [5.41, 5.74) is 9.06. The van der Waals surface area contributed by atoms with Gasteiger partial charge in [-0.1, -0.05) is 24.0 Å². The van der Waals surface area contributed by atoms with Crippen LogP contribution in [-0.2, 0) is 33.1 Å². The molecule has 3 heterocycles. The van der Waals surface area contributed by atoms with E-state index in [9.17, 15) is 40.6 Å². The highest BCUT2D eigenvalue weighted by Gasteiger charge is 2.37. The highest BCUT2D eigenvalue weighted by atomic mass is 32.2. The number of hydrogen-bond donors (Lipinski definition) is 5. The number of amides is 1. The minimum absolute atomic E-state index is 0.00318. The molecule has 0 atom stereocenters. The molecule has 0 saturated carbocycles. The number of nitrogens with zero attached hydrogens (tertiary/aromatic N) is 3. The van der Waals surface area contributed by atoms with Crippen molar-refractivity contribution in [3.05, 3.63) is 84.7 Å². The topological polar surface area (TPSA) is 262 Å². The van der Waals surface area contributed by atoms with Crippen LogP contribution in [0.25, 0.3) is 16.0 Å². The van der Waals surface area contributed by atoms with E-state index in [0.29, 0.717) is 75.8 Å². The van der Waals surface area contributed by atoms with Crippen LogP contribution in [-0.4, -0.2) is 69.1 Å². The van der Waals surface area contributed by atoms with Crippen LogP contribution >= 0.6 is 0 Å². The number of aromatic carboxylic acids is 1. The van der Waals surface area contributed by atoms with Crippen LogP contribution in [0.4, 0.5) is 5.69 Å². The van der Waals surface area contributed by atoms with Crippen LogP contribution in [0, 0.1) is 0 Å². The lowest BCUT2D eigenvalue weighted by molar-refractivity contribution is -0.507. The van der Waals surface area contributed by atoms with Gasteiger partial charge < -0.3 is 25.0 Å². The number of carboxylic acid groups (broad SMARTS) is 1. The Morgan fingerprint density at radius 3 is 2.49 bits per heavy atom. The molecule has 0 saturated heterocycles. The largest absolute Gasteiger partial charge is 0.744 e. The highest BCUT2D eigenvalue weighted by molar-refractivity contribution is 7.86. The van der Waals surface area contributed by atoms with Crippen molar-refractivity contribution in [3.8, 4) is 11.5 Å². The molecule has 0 spiro atoms. The lowest BCUT2D eigenvalue weighted by Gasteiger charge is -2.30. The summed E-state index contributed by atoms with van der Waals surface area (Å²) in [6.07, 6.45) is 4.90. The fourth-order valence-electron chi connectivity index (χ4n) is 6.84. The predicted octanol–water partition coefficient (Wildman–Crippen LogP) is 1.49. The molecule has 0 radical (unpaired) electrons. The van der Waals surface area contributed by atoms with Crippen LogP contribution in [0.1, 0.15) is 81.5 Å². The number of carboxylic acids is 1. The Balaban J connectivity index is 1.56. The van der Waals surface area contributed by atoms with Gasteiger partial charge in [0.05, 0.1) is 11.3 Å². The maximum Gasteiger partial charge on any atom is 0.336 e. The van der Waals surface area contributed by atoms with Crippen molar-refractivity contribution in [3.63, 3.8) is 0 Å². The number of anilines is 1. The van der Waals surface area contributed by atoms with Gasteiger partial charge in [-0.15, -0.1) is 0 Å². The van der Waals surface area contributed by atoms with Crippen LogP contribution in [0.15, 0.2) is 45.2 Å². The highest BCUT2D eigenvalue weighted by Crippen LogP contribution is 2.47. The summed E-state index contributed by atoms with van der Waals surface area (Å²) >= 11 is 0. The maximum absolute atomic E-state index is 13.1. The Hall–Kier alpha value is -5.00. The van der Waals surface area contributed by atoms with Gasteiger partial charge in [0.25, 0.3) is 5.91 Å². The monoisotopic (exact) mass is 738 g/mol. The van der Waals surface area contributed by atoms with Crippen molar-refractivity contribution in [1.29, 1.82) is 0 Å². The second kappa shape index (κ2) is 14.3. The Morgan fingerprint density at radius 2 is 1.76 bits per heavy atom. The molecule has 18 heteroatoms. The van der Waals surface area contributed by atoms with E-state index < -0.39 is 53.4 Å². The molecule has 6 rings (SSSR count). The minimum atomic E-state index is -5.29. The molecule has 0 unspecified atom stereocenters. The molecule has 0 aromatic heterocycles. The van der Waals surface area contributed by atoms with Crippen LogP contribution in [0.5, 0.6) is 11.5 Å². The predicted molar refractivity (Wildman–Crippen MR) is 180 cm³/mol. The average Bonchev–Trinajstić information content (AvgIpc) is 3.08. The number of aryl methyl sites for hydroxylation is 2. The zero-order chi connectivity index (χ0) is 36.5. The summed E-state index contributed by atoms with van der Waals surface area (Å²) in [6.45, 7) is 1.41. The van der Waals surface area contributed by atoms with Crippen molar-refractivity contribution in [2.24, 2.45) is 5.11 Å². The molecule has 268 valence electrons. The first kappa shape index (κ1) is 35.8. The normalized spacial score (nSPS) is 14.7. The summed E-state index contributed by atoms with van der Waals surface area (Å²) in [7, 11) is -10.3. The lowest BCUT2D eigenvalue weighted by atomic mass is 9.86. The molecule has 0 bridgehead atoms. The standard InChI is InChI=1S/C33H34N6O10S2/c34-39-38-14-4-2-1-3-11-37-32(40)20-9-10-21(22(17-20)33(41)42)25-23-15-18-7-5-12-35-26(18)30(50(43,44)45)28(23)49-29-24(25)16-19-8-6-13-36-27(19)31(29)51(46,47)48/h9-10,15-17,35H,1-8,11-14H2,(H,37,40)(H,41,42)(H,43,44,45)(H,46,47,48). The SMILES string of the molecule is [N-]=[N+]=NCCCCCCNC(=O)c1ccc(C2=c3cc4c(c(S(=O)(=O)O)c3Oc3c2cc2c(c3S(=O)(=O)[O-])NCCC2)=[NH+]CCC4)c(C(=O)O)c1. The van der Waals surface area contributed by atoms with E-state index in [-0.39, 0.29) is 44.1 Å². The van der Waals surface area contributed by atoms with E-state index in [1.807, 2.05) is 0 Å². The van der Waals surface area contributed by atoms with Crippen molar-refractivity contribution in [2.45, 2.75) is 61.2 Å². The number of carbonyl (C=O) groups is 2. The van der Waals surface area contributed by atoms with Crippen LogP contribution < -0.4 is 30.9 Å². The third-order valence-corrected chi connectivity index (χ3v) is 10.8. The van der Waals surface area contributed by atoms with Gasteiger partial charge in [0, 0.05) is 58.4 Å². The number of unbranched alkanes of at least 4 members (excludes halogenated alkanes) is 3. The zero-order valence-electron chi connectivity index (χ0n) is 27.2. The Labute approximate surface area is 292 Å². The number of azide groups is 1. The second-order valence-corrected chi connectivity index (χ2v) is 15.1. The summed E-state index contributed by atoms with van der Waals surface area (Å²) in [4.78, 5) is 30.2. The van der Waals surface area contributed by atoms with E-state index in [1.165, 1.54) is 18.2 Å². The second-order valence-electron chi connectivity index (χ2n) is 12.4. The smallest absolute Gasteiger partial charge is 0.336 e. The molecule has 3 aliphatic rings. The van der Waals surface area contributed by atoms with E-state index in [0.717, 1.165) is 12.8 Å². The fraction of sp³-hybridized carbons (Fsp3) is 0.364. The molecular formula is C33H34N6O10S2. The number of carbonyl (C=O) groups excluding carboxylic acids is 1. The van der Waals surface area contributed by atoms with Gasteiger partial charge in [-0.05, 0) is 73.0 Å². The van der Waals surface area contributed by atoms with E-state index >= 15 is 0 Å². The van der Waals surface area contributed by atoms with Crippen LogP contribution in [0.2, 0.25) is 0 Å². The van der Waals surface area contributed by atoms with Gasteiger partial charge in [0.1, 0.15) is 21.6 Å². The average molecular weight is 739 g/mol. The molecule has 51 heavy (non-hydrogen) atoms. The third kappa shape index (κ3) is 7.13. The number of nitrogens with one attached hydrogen (secondary N) is 3. The number of hydrogen-bond acceptors (Lipinski definition) is 10. The molecule has 0 aliphatic carbocycles. The van der Waals surface area contributed by atoms with E-state index in [2.05, 4.69) is 25.7 Å². The molecule has 3 aromatic carbocycles. The van der Waals surface area contributed by atoms with Crippen molar-refractivity contribution >= 4 is 43.4 Å². The van der Waals surface area contributed by atoms with Gasteiger partial charge in [-0.25, -0.2) is 18.2 Å². The molecular weight excluding hydrogens is 705 g/mol. The number of rotatable bonds is 12. The first-order valence-electron chi connectivity index (χ1n) is 16.3. The maximum atomic E-state index is 13.1. The first-order chi connectivity index (χ1) is 24.3. The Kier molecular flexibility index (Phi) is 10.1. The van der Waals surface area contributed by atoms with Crippen LogP contribution in [0.3, 0.4) is 0 Å². The number of fused-ring (bicyclic) bond motifs is 4. The fourth-order valence-corrected chi connectivity index (χ4v) is 8.52. The zero-order valence-corrected chi connectivity index (χ0v) is 28.8.